The van der Waals surface area contributed by atoms with Crippen molar-refractivity contribution in [1.29, 1.82) is 10.0 Å². The van der Waals surface area contributed by atoms with Gasteiger partial charge in [0.1, 0.15) is 0 Å². The van der Waals surface area contributed by atoms with Crippen LogP contribution in [0.5, 0.6) is 0 Å². The summed E-state index contributed by atoms with van der Waals surface area (Å²) < 4.78 is 18.9. The normalized spacial score (nSPS) is 11.3. The first-order chi connectivity index (χ1) is 8.33. The monoisotopic (exact) mass is 262 g/mol. The van der Waals surface area contributed by atoms with Crippen molar-refractivity contribution >= 4 is 16.2 Å². The molecule has 0 aromatic carbocycles. The lowest BCUT2D eigenvalue weighted by Crippen LogP contribution is -2.15. The second-order valence-corrected chi connectivity index (χ2v) is 5.51. The fraction of sp³-hybridized carbons (Fsp3) is 0.385. The fourth-order valence-electron chi connectivity index (χ4n) is 1.43. The molecule has 1 aromatic heterocycles. The first-order valence-corrected chi connectivity index (χ1v) is 6.71. The van der Waals surface area contributed by atoms with Crippen molar-refractivity contribution in [3.05, 3.63) is 30.1 Å². The van der Waals surface area contributed by atoms with Gasteiger partial charge in [-0.3, -0.25) is 4.98 Å². The summed E-state index contributed by atoms with van der Waals surface area (Å²) >= 11 is 0. The van der Waals surface area contributed by atoms with Gasteiger partial charge in [0.25, 0.3) is 0 Å². The second kappa shape index (κ2) is 5.32. The van der Waals surface area contributed by atoms with Crippen molar-refractivity contribution in [2.24, 2.45) is 0 Å². The SMILES string of the molecule is C=C(CC)c1ncc(C(C)(C)C#N)cc1[S-](=N)=O. The second-order valence-electron chi connectivity index (χ2n) is 4.53. The number of nitriles is 1. The Labute approximate surface area is 109 Å². The molecule has 1 N–H and O–H groups in total. The molecule has 0 amide bonds. The minimum atomic E-state index is -1.89. The van der Waals surface area contributed by atoms with Gasteiger partial charge in [0.2, 0.25) is 0 Å². The van der Waals surface area contributed by atoms with Crippen LogP contribution in [0.25, 0.3) is 5.57 Å². The molecule has 96 valence electrons. The fourth-order valence-corrected chi connectivity index (χ4v) is 2.03. The third kappa shape index (κ3) is 2.77. The molecule has 1 rings (SSSR count). The number of aromatic nitrogens is 1. The first kappa shape index (κ1) is 14.4. The van der Waals surface area contributed by atoms with Gasteiger partial charge in [-0.05, 0) is 31.4 Å². The van der Waals surface area contributed by atoms with E-state index >= 15 is 0 Å². The summed E-state index contributed by atoms with van der Waals surface area (Å²) in [6.45, 7) is 9.30. The van der Waals surface area contributed by atoms with Crippen molar-refractivity contribution in [3.8, 4) is 6.07 Å². The van der Waals surface area contributed by atoms with Crippen LogP contribution in [0.3, 0.4) is 0 Å². The van der Waals surface area contributed by atoms with E-state index in [4.69, 9.17) is 10.0 Å². The Kier molecular flexibility index (Phi) is 4.25. The van der Waals surface area contributed by atoms with Gasteiger partial charge in [-0.1, -0.05) is 24.5 Å². The highest BCUT2D eigenvalue weighted by Gasteiger charge is 2.20. The van der Waals surface area contributed by atoms with Crippen molar-refractivity contribution in [1.82, 2.24) is 4.98 Å². The molecule has 1 aromatic rings. The number of pyridine rings is 1. The third-order valence-corrected chi connectivity index (χ3v) is 3.53. The van der Waals surface area contributed by atoms with E-state index < -0.39 is 16.0 Å². The van der Waals surface area contributed by atoms with E-state index in [-0.39, 0.29) is 0 Å². The Balaban J connectivity index is 3.48. The van der Waals surface area contributed by atoms with Gasteiger partial charge in [0.15, 0.2) is 0 Å². The van der Waals surface area contributed by atoms with Crippen LogP contribution in [0, 0.1) is 16.1 Å². The molecule has 0 aliphatic carbocycles. The Morgan fingerprint density at radius 1 is 1.67 bits per heavy atom. The van der Waals surface area contributed by atoms with Gasteiger partial charge in [-0.2, -0.15) is 15.9 Å². The van der Waals surface area contributed by atoms with Crippen molar-refractivity contribution < 1.29 is 4.21 Å². The molecule has 0 aliphatic heterocycles. The maximum atomic E-state index is 11.5. The number of hydrogen-bond acceptors (Lipinski definition) is 5. The number of nitrogens with zero attached hydrogens (tertiary/aromatic N) is 2. The molecular formula is C13H16N3OS-. The quantitative estimate of drug-likeness (QED) is 0.845. The van der Waals surface area contributed by atoms with E-state index in [9.17, 15) is 4.21 Å². The molecule has 4 nitrogen and oxygen atoms in total. The summed E-state index contributed by atoms with van der Waals surface area (Å²) in [7, 11) is -1.89. The van der Waals surface area contributed by atoms with Crippen LogP contribution < -0.4 is 0 Å². The van der Waals surface area contributed by atoms with E-state index in [2.05, 4.69) is 17.6 Å². The molecule has 0 bridgehead atoms. The van der Waals surface area contributed by atoms with Crippen LogP contribution in [0.15, 0.2) is 23.7 Å². The number of allylic oxidation sites excluding steroid dienone is 1. The van der Waals surface area contributed by atoms with Crippen LogP contribution in [0.2, 0.25) is 0 Å². The molecule has 0 atom stereocenters. The summed E-state index contributed by atoms with van der Waals surface area (Å²) in [4.78, 5) is 4.54. The van der Waals surface area contributed by atoms with Crippen LogP contribution in [-0.4, -0.2) is 4.98 Å². The summed E-state index contributed by atoms with van der Waals surface area (Å²) in [6, 6.07) is 3.78. The largest absolute Gasteiger partial charge is 0.440 e. The summed E-state index contributed by atoms with van der Waals surface area (Å²) in [6.07, 6.45) is 2.27. The van der Waals surface area contributed by atoms with Gasteiger partial charge in [-0.15, -0.1) is 0 Å². The van der Waals surface area contributed by atoms with Crippen LogP contribution in [-0.2, 0) is 20.2 Å². The maximum absolute atomic E-state index is 11.5. The Morgan fingerprint density at radius 3 is 2.72 bits per heavy atom. The third-order valence-electron chi connectivity index (χ3n) is 2.82. The van der Waals surface area contributed by atoms with E-state index in [1.807, 2.05) is 6.92 Å². The molecule has 0 radical (unpaired) electrons. The number of rotatable bonds is 4. The van der Waals surface area contributed by atoms with E-state index in [1.165, 1.54) is 0 Å². The molecule has 18 heavy (non-hydrogen) atoms. The predicted molar refractivity (Wildman–Crippen MR) is 71.2 cm³/mol. The number of nitrogens with one attached hydrogen (secondary N) is 1. The molecule has 0 unspecified atom stereocenters. The topological polar surface area (TPSA) is 77.6 Å². The average molecular weight is 262 g/mol. The minimum Gasteiger partial charge on any atom is -0.440 e. The lowest BCUT2D eigenvalue weighted by atomic mass is 9.87. The molecule has 1 heterocycles. The predicted octanol–water partition coefficient (Wildman–Crippen LogP) is 3.39. The highest BCUT2D eigenvalue weighted by Crippen LogP contribution is 2.27. The van der Waals surface area contributed by atoms with Crippen LogP contribution in [0.1, 0.15) is 38.4 Å². The van der Waals surface area contributed by atoms with Gasteiger partial charge in [0.05, 0.1) is 17.2 Å². The summed E-state index contributed by atoms with van der Waals surface area (Å²) in [5.74, 6) is 0. The highest BCUT2D eigenvalue weighted by atomic mass is 32.2. The molecule has 0 aliphatic rings. The smallest absolute Gasteiger partial charge is 0.0780 e. The molecular weight excluding hydrogens is 246 g/mol. The lowest BCUT2D eigenvalue weighted by molar-refractivity contribution is 0.598. The van der Waals surface area contributed by atoms with Gasteiger partial charge in [-0.25, -0.2) is 0 Å². The standard InChI is InChI=1S/C13H16N3OS/c1-5-9(2)12-11(18(15)17)6-10(7-16-12)13(3,4)8-14/h6-7,15H,2,5H2,1,3-4H3/q-1. The molecule has 0 saturated carbocycles. The zero-order valence-electron chi connectivity index (χ0n) is 10.8. The zero-order chi connectivity index (χ0) is 13.9. The lowest BCUT2D eigenvalue weighted by Gasteiger charge is -2.19. The average Bonchev–Trinajstić information content (AvgIpc) is 2.36. The minimum absolute atomic E-state index is 0.322. The van der Waals surface area contributed by atoms with Crippen molar-refractivity contribution in [2.45, 2.75) is 37.5 Å². The van der Waals surface area contributed by atoms with Crippen molar-refractivity contribution in [3.63, 3.8) is 0 Å². The van der Waals surface area contributed by atoms with E-state index in [0.717, 1.165) is 5.57 Å². The van der Waals surface area contributed by atoms with Crippen LogP contribution >= 0.6 is 0 Å². The molecule has 0 fully saturated rings. The Bertz CT molecular complexity index is 587. The highest BCUT2D eigenvalue weighted by molar-refractivity contribution is 7.73. The molecule has 0 saturated heterocycles. The molecule has 5 heteroatoms. The molecule has 0 spiro atoms. The maximum Gasteiger partial charge on any atom is 0.0780 e. The number of hydrogen-bond donors (Lipinski definition) is 1. The van der Waals surface area contributed by atoms with Crippen LogP contribution in [0.4, 0.5) is 0 Å². The Morgan fingerprint density at radius 2 is 2.28 bits per heavy atom. The van der Waals surface area contributed by atoms with E-state index in [1.54, 1.807) is 26.1 Å². The van der Waals surface area contributed by atoms with Gasteiger partial charge in [0, 0.05) is 6.20 Å². The van der Waals surface area contributed by atoms with Gasteiger partial charge >= 0.3 is 0 Å². The van der Waals surface area contributed by atoms with Crippen molar-refractivity contribution in [2.75, 3.05) is 0 Å². The summed E-state index contributed by atoms with van der Waals surface area (Å²) in [5.41, 5.74) is 1.19. The summed E-state index contributed by atoms with van der Waals surface area (Å²) in [5, 5.41) is 9.08. The zero-order valence-corrected chi connectivity index (χ0v) is 11.6. The van der Waals surface area contributed by atoms with Gasteiger partial charge < -0.3 is 8.99 Å². The Hall–Kier alpha value is -1.67. The first-order valence-electron chi connectivity index (χ1n) is 5.56. The van der Waals surface area contributed by atoms with E-state index in [0.29, 0.717) is 22.6 Å².